The van der Waals surface area contributed by atoms with Gasteiger partial charge in [0.2, 0.25) is 0 Å². The second kappa shape index (κ2) is 13.6. The number of hydrogen-bond donors (Lipinski definition) is 1. The Balaban J connectivity index is 1.38. The number of hydrogen-bond acceptors (Lipinski definition) is 8. The number of rotatable bonds is 9. The molecule has 8 rings (SSSR count). The highest BCUT2D eigenvalue weighted by Gasteiger charge is 2.40. The van der Waals surface area contributed by atoms with Gasteiger partial charge in [-0.2, -0.15) is 13.5 Å². The molecule has 2 N–H and O–H groups in total. The number of fused-ring (bicyclic) bond motifs is 1. The van der Waals surface area contributed by atoms with E-state index in [0.717, 1.165) is 39.2 Å². The van der Waals surface area contributed by atoms with Crippen LogP contribution in [-0.2, 0) is 19.8 Å². The number of halogens is 1. The van der Waals surface area contributed by atoms with Gasteiger partial charge in [-0.1, -0.05) is 97.1 Å². The van der Waals surface area contributed by atoms with Crippen molar-refractivity contribution in [1.29, 1.82) is 0 Å². The first-order valence-electron chi connectivity index (χ1n) is 16.4. The third-order valence-corrected chi connectivity index (χ3v) is 11.7. The minimum atomic E-state index is -4.41. The molecular weight excluding hydrogens is 710 g/mol. The lowest BCUT2D eigenvalue weighted by Crippen LogP contribution is -2.38. The molecule has 0 aliphatic heterocycles. The van der Waals surface area contributed by atoms with Crippen molar-refractivity contribution in [3.63, 3.8) is 0 Å². The minimum absolute atomic E-state index is 0.201. The van der Waals surface area contributed by atoms with E-state index in [2.05, 4.69) is 50.5 Å². The SMILES string of the molecule is NC(=O)OS(=O)(=O)c1ccc(-c2ncnc3ccc(-c4cn(C(c5ccccc5)(c5ccccc5)c5ccccc5)nc4-c4ccc(F)cc4)cc23)s1. The van der Waals surface area contributed by atoms with Crippen LogP contribution in [0, 0.1) is 5.82 Å². The van der Waals surface area contributed by atoms with Gasteiger partial charge in [0.05, 0.1) is 16.1 Å². The Bertz CT molecular complexity index is 2610. The highest BCUT2D eigenvalue weighted by molar-refractivity contribution is 7.89. The molecule has 5 aromatic carbocycles. The summed E-state index contributed by atoms with van der Waals surface area (Å²) in [5.41, 5.74) is 10.9. The molecule has 12 heteroatoms. The third-order valence-electron chi connectivity index (χ3n) is 8.95. The average molecular weight is 738 g/mol. The van der Waals surface area contributed by atoms with Crippen LogP contribution in [0.5, 0.6) is 0 Å². The smallest absolute Gasteiger partial charge is 0.334 e. The first kappa shape index (κ1) is 33.6. The first-order valence-corrected chi connectivity index (χ1v) is 18.6. The summed E-state index contributed by atoms with van der Waals surface area (Å²) in [6.07, 6.45) is 1.99. The number of nitrogens with zero attached hydrogens (tertiary/aromatic N) is 4. The fraction of sp³-hybridized carbons (Fsp3) is 0.0244. The van der Waals surface area contributed by atoms with E-state index in [-0.39, 0.29) is 10.0 Å². The molecule has 0 aliphatic rings. The molecule has 0 saturated heterocycles. The Kier molecular flexibility index (Phi) is 8.61. The molecule has 0 spiro atoms. The van der Waals surface area contributed by atoms with E-state index in [0.29, 0.717) is 32.7 Å². The van der Waals surface area contributed by atoms with Gasteiger partial charge in [-0.15, -0.1) is 11.3 Å². The number of nitrogens with two attached hydrogens (primary N) is 1. The van der Waals surface area contributed by atoms with Crippen LogP contribution in [0.1, 0.15) is 16.7 Å². The van der Waals surface area contributed by atoms with Gasteiger partial charge in [0, 0.05) is 22.7 Å². The lowest BCUT2D eigenvalue weighted by molar-refractivity contribution is 0.213. The molecule has 3 heterocycles. The van der Waals surface area contributed by atoms with Crippen molar-refractivity contribution >= 4 is 38.5 Å². The molecule has 0 fully saturated rings. The molecule has 0 unspecified atom stereocenters. The quantitative estimate of drug-likeness (QED) is 0.116. The van der Waals surface area contributed by atoms with Gasteiger partial charge in [-0.25, -0.2) is 19.2 Å². The summed E-state index contributed by atoms with van der Waals surface area (Å²) in [7, 11) is -4.41. The highest BCUT2D eigenvalue weighted by Crippen LogP contribution is 2.44. The largest absolute Gasteiger partial charge is 0.420 e. The van der Waals surface area contributed by atoms with Gasteiger partial charge in [0.15, 0.2) is 4.21 Å². The summed E-state index contributed by atoms with van der Waals surface area (Å²) >= 11 is 0.890. The summed E-state index contributed by atoms with van der Waals surface area (Å²) in [5.74, 6) is -0.368. The van der Waals surface area contributed by atoms with Crippen LogP contribution in [0.2, 0.25) is 0 Å². The van der Waals surface area contributed by atoms with Gasteiger partial charge < -0.3 is 9.92 Å². The Labute approximate surface area is 307 Å². The Morgan fingerprint density at radius 2 is 1.30 bits per heavy atom. The van der Waals surface area contributed by atoms with E-state index in [9.17, 15) is 17.6 Å². The number of thiophene rings is 1. The van der Waals surface area contributed by atoms with Gasteiger partial charge in [-0.3, -0.25) is 4.68 Å². The number of aromatic nitrogens is 4. The molecule has 8 aromatic rings. The summed E-state index contributed by atoms with van der Waals surface area (Å²) in [5, 5.41) is 5.99. The second-order valence-corrected chi connectivity index (χ2v) is 14.9. The van der Waals surface area contributed by atoms with E-state index in [1.807, 2.05) is 83.7 Å². The van der Waals surface area contributed by atoms with Crippen LogP contribution < -0.4 is 5.73 Å². The van der Waals surface area contributed by atoms with Crippen molar-refractivity contribution in [2.45, 2.75) is 9.75 Å². The molecule has 9 nitrogen and oxygen atoms in total. The molecule has 0 aliphatic carbocycles. The standard InChI is InChI=1S/C41H28FN5O4S2/c42-32-19-16-27(17-20-32)38-34(28-18-21-35-33(24-28)39(45-26-44-35)36-22-23-37(52-36)53(49,50)51-40(43)48)25-47(46-38)41(29-10-4-1-5-11-29,30-12-6-2-7-13-30)31-14-8-3-9-15-31/h1-26H,(H2,43,48). The average Bonchev–Trinajstić information content (AvgIpc) is 3.86. The second-order valence-electron chi connectivity index (χ2n) is 12.1. The Morgan fingerprint density at radius 1 is 0.717 bits per heavy atom. The van der Waals surface area contributed by atoms with Gasteiger partial charge in [-0.05, 0) is 70.8 Å². The minimum Gasteiger partial charge on any atom is -0.334 e. The normalized spacial score (nSPS) is 11.8. The van der Waals surface area contributed by atoms with Crippen molar-refractivity contribution in [3.8, 4) is 33.0 Å². The monoisotopic (exact) mass is 737 g/mol. The van der Waals surface area contributed by atoms with Crippen molar-refractivity contribution in [2.75, 3.05) is 0 Å². The van der Waals surface area contributed by atoms with Crippen molar-refractivity contribution in [1.82, 2.24) is 19.7 Å². The van der Waals surface area contributed by atoms with Crippen LogP contribution in [-0.4, -0.2) is 34.3 Å². The fourth-order valence-corrected chi connectivity index (χ4v) is 8.73. The molecule has 53 heavy (non-hydrogen) atoms. The number of carbonyl (C=O) groups excluding carboxylic acids is 1. The molecule has 0 bridgehead atoms. The molecule has 260 valence electrons. The Morgan fingerprint density at radius 3 is 1.89 bits per heavy atom. The molecule has 0 radical (unpaired) electrons. The van der Waals surface area contributed by atoms with E-state index < -0.39 is 21.8 Å². The third kappa shape index (κ3) is 6.13. The van der Waals surface area contributed by atoms with E-state index in [1.54, 1.807) is 18.2 Å². The van der Waals surface area contributed by atoms with Crippen molar-refractivity contribution in [2.24, 2.45) is 5.73 Å². The van der Waals surface area contributed by atoms with Gasteiger partial charge >= 0.3 is 16.2 Å². The predicted molar refractivity (Wildman–Crippen MR) is 202 cm³/mol. The molecule has 3 aromatic heterocycles. The van der Waals surface area contributed by atoms with Crippen LogP contribution in [0.15, 0.2) is 162 Å². The number of benzene rings is 5. The van der Waals surface area contributed by atoms with E-state index in [1.165, 1.54) is 24.5 Å². The van der Waals surface area contributed by atoms with E-state index >= 15 is 0 Å². The molecule has 1 amide bonds. The highest BCUT2D eigenvalue weighted by atomic mass is 32.3. The molecule has 0 atom stereocenters. The summed E-state index contributed by atoms with van der Waals surface area (Å²) in [4.78, 5) is 20.8. The zero-order valence-corrected chi connectivity index (χ0v) is 29.3. The summed E-state index contributed by atoms with van der Waals surface area (Å²) in [6.45, 7) is 0. The zero-order chi connectivity index (χ0) is 36.6. The zero-order valence-electron chi connectivity index (χ0n) is 27.7. The number of carbonyl (C=O) groups is 1. The van der Waals surface area contributed by atoms with Crippen LogP contribution in [0.25, 0.3) is 43.9 Å². The maximum absolute atomic E-state index is 14.3. The van der Waals surface area contributed by atoms with Crippen LogP contribution in [0.3, 0.4) is 0 Å². The fourth-order valence-electron chi connectivity index (χ4n) is 6.66. The lowest BCUT2D eigenvalue weighted by atomic mass is 9.77. The number of primary amides is 1. The molecule has 0 saturated carbocycles. The summed E-state index contributed by atoms with van der Waals surface area (Å²) < 4.78 is 45.6. The van der Waals surface area contributed by atoms with Crippen LogP contribution in [0.4, 0.5) is 9.18 Å². The topological polar surface area (TPSA) is 130 Å². The van der Waals surface area contributed by atoms with Crippen LogP contribution >= 0.6 is 11.3 Å². The maximum atomic E-state index is 14.3. The predicted octanol–water partition coefficient (Wildman–Crippen LogP) is 8.65. The van der Waals surface area contributed by atoms with Crippen molar-refractivity contribution in [3.05, 3.63) is 181 Å². The lowest BCUT2D eigenvalue weighted by Gasteiger charge is -2.36. The maximum Gasteiger partial charge on any atom is 0.420 e. The molecular formula is C41H28FN5O4S2. The number of amides is 1. The first-order chi connectivity index (χ1) is 25.7. The van der Waals surface area contributed by atoms with Crippen molar-refractivity contribution < 1.29 is 21.8 Å². The van der Waals surface area contributed by atoms with Gasteiger partial charge in [0.25, 0.3) is 0 Å². The summed E-state index contributed by atoms with van der Waals surface area (Å²) in [6, 6.07) is 45.4. The Hall–Kier alpha value is -6.50. The van der Waals surface area contributed by atoms with Gasteiger partial charge in [0.1, 0.15) is 23.4 Å². The van der Waals surface area contributed by atoms with E-state index in [4.69, 9.17) is 10.8 Å².